The SMILES string of the molecule is Cc1ccc(C2(C)CCNCC2)cc1. The van der Waals surface area contributed by atoms with E-state index in [1.807, 2.05) is 0 Å². The van der Waals surface area contributed by atoms with Crippen molar-refractivity contribution in [2.24, 2.45) is 0 Å². The lowest BCUT2D eigenvalue weighted by Gasteiger charge is -2.34. The van der Waals surface area contributed by atoms with Crippen LogP contribution in [0.3, 0.4) is 0 Å². The van der Waals surface area contributed by atoms with Crippen LogP contribution in [-0.4, -0.2) is 13.1 Å². The minimum absolute atomic E-state index is 0.402. The average molecular weight is 189 g/mol. The van der Waals surface area contributed by atoms with E-state index in [-0.39, 0.29) is 0 Å². The number of nitrogens with one attached hydrogen (secondary N) is 1. The minimum atomic E-state index is 0.402. The van der Waals surface area contributed by atoms with Crippen LogP contribution in [0.4, 0.5) is 0 Å². The van der Waals surface area contributed by atoms with Crippen molar-refractivity contribution in [3.8, 4) is 0 Å². The monoisotopic (exact) mass is 189 g/mol. The Morgan fingerprint density at radius 2 is 1.64 bits per heavy atom. The Morgan fingerprint density at radius 1 is 1.07 bits per heavy atom. The van der Waals surface area contributed by atoms with Gasteiger partial charge < -0.3 is 5.32 Å². The first-order valence-electron chi connectivity index (χ1n) is 5.49. The van der Waals surface area contributed by atoms with E-state index in [0.717, 1.165) is 13.1 Å². The highest BCUT2D eigenvalue weighted by Gasteiger charge is 2.28. The fourth-order valence-electron chi connectivity index (χ4n) is 2.22. The predicted octanol–water partition coefficient (Wildman–Crippen LogP) is 2.64. The molecule has 0 spiro atoms. The summed E-state index contributed by atoms with van der Waals surface area (Å²) >= 11 is 0. The van der Waals surface area contributed by atoms with Gasteiger partial charge in [0.15, 0.2) is 0 Å². The lowest BCUT2D eigenvalue weighted by Crippen LogP contribution is -2.37. The first-order chi connectivity index (χ1) is 6.71. The molecule has 0 unspecified atom stereocenters. The number of rotatable bonds is 1. The van der Waals surface area contributed by atoms with Gasteiger partial charge in [-0.2, -0.15) is 0 Å². The molecule has 1 aromatic rings. The van der Waals surface area contributed by atoms with E-state index < -0.39 is 0 Å². The molecule has 1 nitrogen and oxygen atoms in total. The second-order valence-electron chi connectivity index (χ2n) is 4.68. The van der Waals surface area contributed by atoms with Crippen LogP contribution in [0.15, 0.2) is 24.3 Å². The molecule has 0 aromatic heterocycles. The molecule has 1 fully saturated rings. The van der Waals surface area contributed by atoms with Gasteiger partial charge in [-0.25, -0.2) is 0 Å². The molecule has 1 heteroatoms. The minimum Gasteiger partial charge on any atom is -0.317 e. The zero-order valence-corrected chi connectivity index (χ0v) is 9.14. The summed E-state index contributed by atoms with van der Waals surface area (Å²) in [6.45, 7) is 6.85. The van der Waals surface area contributed by atoms with Crippen LogP contribution in [0.25, 0.3) is 0 Å². The first kappa shape index (κ1) is 9.72. The van der Waals surface area contributed by atoms with Gasteiger partial charge in [-0.05, 0) is 43.8 Å². The van der Waals surface area contributed by atoms with Crippen molar-refractivity contribution in [2.75, 3.05) is 13.1 Å². The Labute approximate surface area is 86.5 Å². The maximum absolute atomic E-state index is 3.42. The maximum Gasteiger partial charge on any atom is -0.00405 e. The summed E-state index contributed by atoms with van der Waals surface area (Å²) < 4.78 is 0. The third kappa shape index (κ3) is 1.83. The summed E-state index contributed by atoms with van der Waals surface area (Å²) in [5, 5.41) is 3.42. The molecule has 0 bridgehead atoms. The highest BCUT2D eigenvalue weighted by atomic mass is 14.9. The van der Waals surface area contributed by atoms with Crippen molar-refractivity contribution in [3.63, 3.8) is 0 Å². The predicted molar refractivity (Wildman–Crippen MR) is 60.6 cm³/mol. The number of hydrogen-bond acceptors (Lipinski definition) is 1. The second-order valence-corrected chi connectivity index (χ2v) is 4.68. The van der Waals surface area contributed by atoms with Crippen LogP contribution in [-0.2, 0) is 5.41 Å². The molecule has 2 rings (SSSR count). The first-order valence-corrected chi connectivity index (χ1v) is 5.49. The topological polar surface area (TPSA) is 12.0 Å². The van der Waals surface area contributed by atoms with Gasteiger partial charge >= 0.3 is 0 Å². The molecule has 0 saturated carbocycles. The highest BCUT2D eigenvalue weighted by Crippen LogP contribution is 2.32. The Morgan fingerprint density at radius 3 is 2.21 bits per heavy atom. The average Bonchev–Trinajstić information content (AvgIpc) is 2.19. The molecule has 0 radical (unpaired) electrons. The molecule has 0 amide bonds. The summed E-state index contributed by atoms with van der Waals surface area (Å²) in [6, 6.07) is 9.03. The number of piperidine rings is 1. The van der Waals surface area contributed by atoms with Crippen molar-refractivity contribution in [1.29, 1.82) is 0 Å². The number of benzene rings is 1. The molecule has 1 aliphatic heterocycles. The van der Waals surface area contributed by atoms with Crippen LogP contribution < -0.4 is 5.32 Å². The standard InChI is InChI=1S/C13H19N/c1-11-3-5-12(6-4-11)13(2)7-9-14-10-8-13/h3-6,14H,7-10H2,1-2H3. The van der Waals surface area contributed by atoms with Crippen molar-refractivity contribution < 1.29 is 0 Å². The second kappa shape index (κ2) is 3.74. The fourth-order valence-corrected chi connectivity index (χ4v) is 2.22. The zero-order chi connectivity index (χ0) is 10.0. The molecule has 76 valence electrons. The fraction of sp³-hybridized carbons (Fsp3) is 0.538. The molecule has 1 heterocycles. The molecule has 1 aliphatic rings. The Kier molecular flexibility index (Phi) is 2.60. The largest absolute Gasteiger partial charge is 0.317 e. The van der Waals surface area contributed by atoms with Gasteiger partial charge in [-0.3, -0.25) is 0 Å². The lowest BCUT2D eigenvalue weighted by molar-refractivity contribution is 0.335. The zero-order valence-electron chi connectivity index (χ0n) is 9.14. The van der Waals surface area contributed by atoms with E-state index >= 15 is 0 Å². The van der Waals surface area contributed by atoms with E-state index in [9.17, 15) is 0 Å². The lowest BCUT2D eigenvalue weighted by atomic mass is 9.75. The van der Waals surface area contributed by atoms with Crippen molar-refractivity contribution in [2.45, 2.75) is 32.1 Å². The Bertz CT molecular complexity index is 294. The molecule has 1 saturated heterocycles. The van der Waals surface area contributed by atoms with E-state index in [1.165, 1.54) is 24.0 Å². The Balaban J connectivity index is 2.23. The van der Waals surface area contributed by atoms with E-state index in [1.54, 1.807) is 0 Å². The summed E-state index contributed by atoms with van der Waals surface area (Å²) in [5.41, 5.74) is 3.26. The normalized spacial score (nSPS) is 20.7. The molecular weight excluding hydrogens is 170 g/mol. The quantitative estimate of drug-likeness (QED) is 0.716. The smallest absolute Gasteiger partial charge is 0.00405 e. The van der Waals surface area contributed by atoms with Gasteiger partial charge in [-0.15, -0.1) is 0 Å². The van der Waals surface area contributed by atoms with Crippen LogP contribution in [0.5, 0.6) is 0 Å². The van der Waals surface area contributed by atoms with Gasteiger partial charge in [0.2, 0.25) is 0 Å². The number of aryl methyl sites for hydroxylation is 1. The third-order valence-electron chi connectivity index (χ3n) is 3.46. The molecule has 0 atom stereocenters. The number of hydrogen-bond donors (Lipinski definition) is 1. The molecule has 1 N–H and O–H groups in total. The molecular formula is C13H19N. The van der Waals surface area contributed by atoms with Crippen LogP contribution in [0.1, 0.15) is 30.9 Å². The van der Waals surface area contributed by atoms with Gasteiger partial charge in [0.1, 0.15) is 0 Å². The van der Waals surface area contributed by atoms with Crippen LogP contribution >= 0.6 is 0 Å². The van der Waals surface area contributed by atoms with Crippen LogP contribution in [0, 0.1) is 6.92 Å². The molecule has 1 aromatic carbocycles. The van der Waals surface area contributed by atoms with Gasteiger partial charge in [0.05, 0.1) is 0 Å². The molecule has 14 heavy (non-hydrogen) atoms. The van der Waals surface area contributed by atoms with E-state index in [4.69, 9.17) is 0 Å². The van der Waals surface area contributed by atoms with Gasteiger partial charge in [0.25, 0.3) is 0 Å². The third-order valence-corrected chi connectivity index (χ3v) is 3.46. The summed E-state index contributed by atoms with van der Waals surface area (Å²) in [4.78, 5) is 0. The summed E-state index contributed by atoms with van der Waals surface area (Å²) in [6.07, 6.45) is 2.52. The molecule has 0 aliphatic carbocycles. The van der Waals surface area contributed by atoms with E-state index in [0.29, 0.717) is 5.41 Å². The maximum atomic E-state index is 3.42. The van der Waals surface area contributed by atoms with Gasteiger partial charge in [0, 0.05) is 0 Å². The summed E-state index contributed by atoms with van der Waals surface area (Å²) in [7, 11) is 0. The van der Waals surface area contributed by atoms with Gasteiger partial charge in [-0.1, -0.05) is 36.8 Å². The van der Waals surface area contributed by atoms with E-state index in [2.05, 4.69) is 43.4 Å². The van der Waals surface area contributed by atoms with Crippen molar-refractivity contribution >= 4 is 0 Å². The van der Waals surface area contributed by atoms with Crippen LogP contribution in [0.2, 0.25) is 0 Å². The Hall–Kier alpha value is -0.820. The van der Waals surface area contributed by atoms with Crippen molar-refractivity contribution in [3.05, 3.63) is 35.4 Å². The van der Waals surface area contributed by atoms with Crippen molar-refractivity contribution in [1.82, 2.24) is 5.32 Å². The highest BCUT2D eigenvalue weighted by molar-refractivity contribution is 5.28. The summed E-state index contributed by atoms with van der Waals surface area (Å²) in [5.74, 6) is 0.